The molecule has 0 aromatic heterocycles. The number of hydrogen-bond acceptors (Lipinski definition) is 5. The van der Waals surface area contributed by atoms with Gasteiger partial charge >= 0.3 is 0 Å². The zero-order valence-electron chi connectivity index (χ0n) is 16.6. The summed E-state index contributed by atoms with van der Waals surface area (Å²) in [5, 5.41) is 2.97. The number of rotatable bonds is 8. The highest BCUT2D eigenvalue weighted by Gasteiger charge is 2.25. The van der Waals surface area contributed by atoms with Gasteiger partial charge in [0.05, 0.1) is 11.5 Å². The Balaban J connectivity index is 1.89. The molecule has 0 saturated carbocycles. The molecule has 0 spiro atoms. The van der Waals surface area contributed by atoms with Crippen molar-refractivity contribution in [1.29, 1.82) is 0 Å². The van der Waals surface area contributed by atoms with Crippen LogP contribution in [-0.4, -0.2) is 64.5 Å². The lowest BCUT2D eigenvalue weighted by atomic mass is 10.0. The Morgan fingerprint density at radius 2 is 1.79 bits per heavy atom. The number of piperidine rings is 1. The fourth-order valence-electron chi connectivity index (χ4n) is 3.02. The molecule has 2 amide bonds. The second-order valence-electron chi connectivity index (χ2n) is 7.14. The van der Waals surface area contributed by atoms with Gasteiger partial charge in [0.2, 0.25) is 15.9 Å². The molecule has 1 aromatic rings. The van der Waals surface area contributed by atoms with E-state index >= 15 is 0 Å². The number of likely N-dealkylation sites (tertiary alicyclic amines) is 1. The summed E-state index contributed by atoms with van der Waals surface area (Å²) in [5.41, 5.74) is 0.400. The van der Waals surface area contributed by atoms with E-state index in [0.29, 0.717) is 31.5 Å². The predicted octanol–water partition coefficient (Wildman–Crippen LogP) is 0.988. The van der Waals surface area contributed by atoms with E-state index in [0.717, 1.165) is 0 Å². The van der Waals surface area contributed by atoms with Crippen LogP contribution in [0.15, 0.2) is 29.2 Å². The quantitative estimate of drug-likeness (QED) is 0.621. The molecule has 1 heterocycles. The number of nitrogens with one attached hydrogen (secondary N) is 2. The van der Waals surface area contributed by atoms with Gasteiger partial charge < -0.3 is 15.0 Å². The Morgan fingerprint density at radius 3 is 2.32 bits per heavy atom. The van der Waals surface area contributed by atoms with Crippen LogP contribution in [0, 0.1) is 5.92 Å². The minimum atomic E-state index is -3.62. The van der Waals surface area contributed by atoms with Crippen LogP contribution in [-0.2, 0) is 19.6 Å². The molecule has 1 aliphatic rings. The van der Waals surface area contributed by atoms with Crippen molar-refractivity contribution in [2.24, 2.45) is 5.92 Å². The number of ether oxygens (including phenoxy) is 1. The largest absolute Gasteiger partial charge is 0.383 e. The van der Waals surface area contributed by atoms with Gasteiger partial charge in [0.15, 0.2) is 0 Å². The molecule has 2 rings (SSSR count). The molecule has 1 fully saturated rings. The SMILES string of the molecule is COCCNS(=O)(=O)c1ccc(C(=O)NC2CCN(C(=O)C(C)C)CC2)cc1. The molecule has 0 bridgehead atoms. The summed E-state index contributed by atoms with van der Waals surface area (Å²) >= 11 is 0. The fourth-order valence-corrected chi connectivity index (χ4v) is 4.04. The standard InChI is InChI=1S/C19H29N3O5S/c1-14(2)19(24)22-11-8-16(9-12-22)21-18(23)15-4-6-17(7-5-15)28(25,26)20-10-13-27-3/h4-7,14,16,20H,8-13H2,1-3H3,(H,21,23). The molecule has 28 heavy (non-hydrogen) atoms. The smallest absolute Gasteiger partial charge is 0.251 e. The van der Waals surface area contributed by atoms with Crippen molar-refractivity contribution >= 4 is 21.8 Å². The summed E-state index contributed by atoms with van der Waals surface area (Å²) in [4.78, 5) is 26.4. The van der Waals surface area contributed by atoms with E-state index in [9.17, 15) is 18.0 Å². The van der Waals surface area contributed by atoms with E-state index in [1.165, 1.54) is 31.4 Å². The van der Waals surface area contributed by atoms with E-state index in [-0.39, 0.29) is 41.8 Å². The number of hydrogen-bond donors (Lipinski definition) is 2. The first-order valence-corrected chi connectivity index (χ1v) is 10.9. The molecule has 1 saturated heterocycles. The first-order valence-electron chi connectivity index (χ1n) is 9.43. The maximum atomic E-state index is 12.4. The van der Waals surface area contributed by atoms with Gasteiger partial charge in [-0.05, 0) is 37.1 Å². The number of carbonyl (C=O) groups excluding carboxylic acids is 2. The van der Waals surface area contributed by atoms with Crippen LogP contribution in [0.4, 0.5) is 0 Å². The lowest BCUT2D eigenvalue weighted by Gasteiger charge is -2.33. The second kappa shape index (κ2) is 9.99. The van der Waals surface area contributed by atoms with Gasteiger partial charge in [-0.1, -0.05) is 13.8 Å². The van der Waals surface area contributed by atoms with Crippen molar-refractivity contribution in [2.75, 3.05) is 33.4 Å². The zero-order valence-corrected chi connectivity index (χ0v) is 17.4. The zero-order chi connectivity index (χ0) is 20.7. The maximum Gasteiger partial charge on any atom is 0.251 e. The normalized spacial score (nSPS) is 15.6. The number of methoxy groups -OCH3 is 1. The lowest BCUT2D eigenvalue weighted by molar-refractivity contribution is -0.135. The number of sulfonamides is 1. The number of amides is 2. The van der Waals surface area contributed by atoms with Crippen molar-refractivity contribution in [3.05, 3.63) is 29.8 Å². The summed E-state index contributed by atoms with van der Waals surface area (Å²) in [6.45, 7) is 5.49. The molecule has 9 heteroatoms. The number of nitrogens with zero attached hydrogens (tertiary/aromatic N) is 1. The molecule has 8 nitrogen and oxygen atoms in total. The van der Waals surface area contributed by atoms with Crippen LogP contribution in [0.1, 0.15) is 37.0 Å². The van der Waals surface area contributed by atoms with E-state index in [2.05, 4.69) is 10.0 Å². The van der Waals surface area contributed by atoms with Crippen LogP contribution in [0.3, 0.4) is 0 Å². The van der Waals surface area contributed by atoms with Gasteiger partial charge in [-0.2, -0.15) is 0 Å². The Kier molecular flexibility index (Phi) is 7.97. The second-order valence-corrected chi connectivity index (χ2v) is 8.91. The molecular weight excluding hydrogens is 382 g/mol. The fraction of sp³-hybridized carbons (Fsp3) is 0.579. The van der Waals surface area contributed by atoms with E-state index in [4.69, 9.17) is 4.74 Å². The van der Waals surface area contributed by atoms with Gasteiger partial charge in [-0.3, -0.25) is 9.59 Å². The summed E-state index contributed by atoms with van der Waals surface area (Å²) in [6, 6.07) is 5.82. The van der Waals surface area contributed by atoms with Crippen molar-refractivity contribution in [1.82, 2.24) is 14.9 Å². The van der Waals surface area contributed by atoms with Gasteiger partial charge in [0, 0.05) is 44.3 Å². The molecule has 2 N–H and O–H groups in total. The Bertz CT molecular complexity index is 769. The van der Waals surface area contributed by atoms with Crippen molar-refractivity contribution in [3.63, 3.8) is 0 Å². The molecule has 156 valence electrons. The monoisotopic (exact) mass is 411 g/mol. The molecule has 1 aliphatic heterocycles. The van der Waals surface area contributed by atoms with Gasteiger partial charge in [-0.15, -0.1) is 0 Å². The third-order valence-corrected chi connectivity index (χ3v) is 6.14. The predicted molar refractivity (Wildman–Crippen MR) is 105 cm³/mol. The van der Waals surface area contributed by atoms with Gasteiger partial charge in [-0.25, -0.2) is 13.1 Å². The molecular formula is C19H29N3O5S. The topological polar surface area (TPSA) is 105 Å². The van der Waals surface area contributed by atoms with E-state index in [1.807, 2.05) is 18.7 Å². The molecule has 1 aromatic carbocycles. The summed E-state index contributed by atoms with van der Waals surface area (Å²) < 4.78 is 31.5. The van der Waals surface area contributed by atoms with E-state index < -0.39 is 10.0 Å². The van der Waals surface area contributed by atoms with Crippen molar-refractivity contribution in [3.8, 4) is 0 Å². The Morgan fingerprint density at radius 1 is 1.18 bits per heavy atom. The average molecular weight is 412 g/mol. The maximum absolute atomic E-state index is 12.4. The summed E-state index contributed by atoms with van der Waals surface area (Å²) in [5.74, 6) is -0.129. The molecule has 0 unspecified atom stereocenters. The lowest BCUT2D eigenvalue weighted by Crippen LogP contribution is -2.47. The van der Waals surface area contributed by atoms with Crippen molar-refractivity contribution < 1.29 is 22.7 Å². The van der Waals surface area contributed by atoms with Gasteiger partial charge in [0.25, 0.3) is 5.91 Å². The van der Waals surface area contributed by atoms with Crippen LogP contribution in [0.2, 0.25) is 0 Å². The van der Waals surface area contributed by atoms with Crippen LogP contribution in [0.5, 0.6) is 0 Å². The Hall–Kier alpha value is -1.97. The summed E-state index contributed by atoms with van der Waals surface area (Å²) in [7, 11) is -2.13. The first-order chi connectivity index (χ1) is 13.2. The van der Waals surface area contributed by atoms with Crippen LogP contribution < -0.4 is 10.0 Å². The first kappa shape index (κ1) is 22.3. The average Bonchev–Trinajstić information content (AvgIpc) is 2.68. The third kappa shape index (κ3) is 6.02. The van der Waals surface area contributed by atoms with E-state index in [1.54, 1.807) is 0 Å². The number of benzene rings is 1. The highest BCUT2D eigenvalue weighted by Crippen LogP contribution is 2.15. The minimum Gasteiger partial charge on any atom is -0.383 e. The molecule has 0 aliphatic carbocycles. The molecule has 0 radical (unpaired) electrons. The van der Waals surface area contributed by atoms with Gasteiger partial charge in [0.1, 0.15) is 0 Å². The minimum absolute atomic E-state index is 0.00262. The van der Waals surface area contributed by atoms with Crippen LogP contribution >= 0.6 is 0 Å². The number of carbonyl (C=O) groups is 2. The van der Waals surface area contributed by atoms with Crippen molar-refractivity contribution in [2.45, 2.75) is 37.6 Å². The Labute approximate surface area is 166 Å². The van der Waals surface area contributed by atoms with Crippen LogP contribution in [0.25, 0.3) is 0 Å². The molecule has 0 atom stereocenters. The summed E-state index contributed by atoms with van der Waals surface area (Å²) in [6.07, 6.45) is 1.42. The third-order valence-electron chi connectivity index (χ3n) is 4.66. The highest BCUT2D eigenvalue weighted by molar-refractivity contribution is 7.89. The highest BCUT2D eigenvalue weighted by atomic mass is 32.2.